The molecule has 1 amide bonds. The van der Waals surface area contributed by atoms with Gasteiger partial charge in [-0.2, -0.15) is 0 Å². The summed E-state index contributed by atoms with van der Waals surface area (Å²) in [4.78, 5) is 26.1. The van der Waals surface area contributed by atoms with Gasteiger partial charge in [-0.1, -0.05) is 72.4 Å². The van der Waals surface area contributed by atoms with Crippen LogP contribution in [0.4, 0.5) is 0 Å². The number of carbonyl (C=O) groups excluding carboxylic acids is 1. The number of carboxylic acids is 1. The number of nitrogens with zero attached hydrogens (tertiary/aromatic N) is 1. The maximum absolute atomic E-state index is 13.1. The summed E-state index contributed by atoms with van der Waals surface area (Å²) in [6.07, 6.45) is 4.02. The highest BCUT2D eigenvalue weighted by Crippen LogP contribution is 2.38. The molecule has 0 saturated carbocycles. The number of amides is 1. The summed E-state index contributed by atoms with van der Waals surface area (Å²) >= 11 is 13.1. The van der Waals surface area contributed by atoms with Gasteiger partial charge in [0.2, 0.25) is 5.91 Å². The monoisotopic (exact) mass is 496 g/mol. The number of piperidine rings is 1. The summed E-state index contributed by atoms with van der Waals surface area (Å²) in [6.45, 7) is 2.73. The van der Waals surface area contributed by atoms with E-state index in [0.717, 1.165) is 23.4 Å². The van der Waals surface area contributed by atoms with E-state index in [9.17, 15) is 9.59 Å². The van der Waals surface area contributed by atoms with Crippen molar-refractivity contribution >= 4 is 47.0 Å². The molecule has 1 aliphatic rings. The molecule has 0 bridgehead atoms. The number of aliphatic carboxylic acids is 1. The molecule has 0 radical (unpaired) electrons. The van der Waals surface area contributed by atoms with Crippen molar-refractivity contribution in [3.63, 3.8) is 0 Å². The number of hydrogen-bond donors (Lipinski definition) is 2. The number of hydrogen-bond acceptors (Lipinski definition) is 4. The summed E-state index contributed by atoms with van der Waals surface area (Å²) in [5.74, 6) is -1.41. The average molecular weight is 497 g/mol. The highest BCUT2D eigenvalue weighted by atomic mass is 35.5. The molecule has 2 N–H and O–H groups in total. The standard InChI is InChI=1S/C18H25ClN2O3S.C6H5Cl/c1-3-15(11-20-25-2)21-16(12-4-7-14(19)8-5-12)9-6-13(18(21)24)10-17(22)23;7-6-4-2-1-3-5-6/h4-5,7-8,13,15-16,20H,3,6,9-11H2,1-2H3,(H,22,23);1-5H/t13-,15+,16+;/m1./s1. The predicted octanol–water partition coefficient (Wildman–Crippen LogP) is 6.08. The maximum atomic E-state index is 13.1. The van der Waals surface area contributed by atoms with Crippen LogP contribution in [0.1, 0.15) is 44.2 Å². The fourth-order valence-corrected chi connectivity index (χ4v) is 4.50. The van der Waals surface area contributed by atoms with E-state index < -0.39 is 11.9 Å². The first-order valence-corrected chi connectivity index (χ1v) is 12.6. The second-order valence-electron chi connectivity index (χ2n) is 7.60. The van der Waals surface area contributed by atoms with Gasteiger partial charge < -0.3 is 10.0 Å². The Morgan fingerprint density at radius 2 is 1.75 bits per heavy atom. The Labute approximate surface area is 204 Å². The fraction of sp³-hybridized carbons (Fsp3) is 0.417. The topological polar surface area (TPSA) is 69.6 Å². The van der Waals surface area contributed by atoms with Gasteiger partial charge in [-0.15, -0.1) is 0 Å². The van der Waals surface area contributed by atoms with Gasteiger partial charge in [0.05, 0.1) is 12.5 Å². The van der Waals surface area contributed by atoms with Crippen LogP contribution in [0.15, 0.2) is 54.6 Å². The lowest BCUT2D eigenvalue weighted by Gasteiger charge is -2.44. The van der Waals surface area contributed by atoms with Crippen molar-refractivity contribution in [2.45, 2.75) is 44.7 Å². The molecule has 32 heavy (non-hydrogen) atoms. The van der Waals surface area contributed by atoms with Crippen LogP contribution in [0.2, 0.25) is 10.0 Å². The van der Waals surface area contributed by atoms with Gasteiger partial charge in [-0.25, -0.2) is 0 Å². The first-order valence-electron chi connectivity index (χ1n) is 10.6. The number of likely N-dealkylation sites (tertiary alicyclic amines) is 1. The lowest BCUT2D eigenvalue weighted by Crippen LogP contribution is -2.51. The first-order chi connectivity index (χ1) is 15.4. The molecule has 1 aliphatic heterocycles. The molecule has 174 valence electrons. The first kappa shape index (κ1) is 26.5. The van der Waals surface area contributed by atoms with E-state index in [1.807, 2.05) is 65.8 Å². The lowest BCUT2D eigenvalue weighted by molar-refractivity contribution is -0.151. The largest absolute Gasteiger partial charge is 0.481 e. The molecule has 8 heteroatoms. The van der Waals surface area contributed by atoms with E-state index in [-0.39, 0.29) is 24.4 Å². The van der Waals surface area contributed by atoms with Crippen molar-refractivity contribution in [2.75, 3.05) is 12.8 Å². The van der Waals surface area contributed by atoms with Gasteiger partial charge in [-0.05, 0) is 55.3 Å². The van der Waals surface area contributed by atoms with Crippen LogP contribution in [-0.4, -0.2) is 40.7 Å². The third-order valence-corrected chi connectivity index (χ3v) is 6.42. The summed E-state index contributed by atoms with van der Waals surface area (Å²) in [5, 5.41) is 10.6. The number of nitrogens with one attached hydrogen (secondary N) is 1. The zero-order chi connectivity index (χ0) is 23.5. The van der Waals surface area contributed by atoms with Gasteiger partial charge >= 0.3 is 5.97 Å². The summed E-state index contributed by atoms with van der Waals surface area (Å²) in [5.41, 5.74) is 1.05. The van der Waals surface area contributed by atoms with E-state index in [4.69, 9.17) is 28.3 Å². The van der Waals surface area contributed by atoms with Crippen LogP contribution in [0, 0.1) is 5.92 Å². The highest BCUT2D eigenvalue weighted by molar-refractivity contribution is 7.96. The lowest BCUT2D eigenvalue weighted by atomic mass is 9.85. The van der Waals surface area contributed by atoms with Crippen molar-refractivity contribution < 1.29 is 14.7 Å². The molecular formula is C24H30Cl2N2O3S. The fourth-order valence-electron chi connectivity index (χ4n) is 3.87. The zero-order valence-corrected chi connectivity index (χ0v) is 20.7. The molecule has 0 aliphatic carbocycles. The van der Waals surface area contributed by atoms with E-state index in [1.54, 1.807) is 0 Å². The van der Waals surface area contributed by atoms with E-state index in [2.05, 4.69) is 11.6 Å². The third-order valence-electron chi connectivity index (χ3n) is 5.46. The van der Waals surface area contributed by atoms with Crippen LogP contribution in [0.3, 0.4) is 0 Å². The number of rotatable bonds is 8. The number of carbonyl (C=O) groups is 2. The minimum atomic E-state index is -0.918. The summed E-state index contributed by atoms with van der Waals surface area (Å²) in [7, 11) is 0. The van der Waals surface area contributed by atoms with Crippen molar-refractivity contribution in [1.82, 2.24) is 9.62 Å². The molecule has 1 heterocycles. The molecule has 2 aromatic carbocycles. The van der Waals surface area contributed by atoms with Gasteiger partial charge in [0.25, 0.3) is 0 Å². The molecule has 1 fully saturated rings. The zero-order valence-electron chi connectivity index (χ0n) is 18.3. The number of halogens is 2. The Bertz CT molecular complexity index is 852. The SMILES string of the molecule is CC[C@@H](CNSC)N1C(=O)[C@@H](CC(=O)O)CC[C@H]1c1ccc(Cl)cc1.Clc1ccccc1. The molecule has 3 rings (SSSR count). The minimum Gasteiger partial charge on any atom is -0.481 e. The summed E-state index contributed by atoms with van der Waals surface area (Å²) in [6, 6.07) is 17.0. The second kappa shape index (κ2) is 13.7. The quantitative estimate of drug-likeness (QED) is 0.433. The van der Waals surface area contributed by atoms with Crippen molar-refractivity contribution in [1.29, 1.82) is 0 Å². The van der Waals surface area contributed by atoms with Crippen LogP contribution >= 0.6 is 35.1 Å². The highest BCUT2D eigenvalue weighted by Gasteiger charge is 2.39. The molecule has 0 aromatic heterocycles. The number of benzene rings is 2. The smallest absolute Gasteiger partial charge is 0.304 e. The van der Waals surface area contributed by atoms with Gasteiger partial charge in [0.1, 0.15) is 0 Å². The van der Waals surface area contributed by atoms with Gasteiger partial charge in [0.15, 0.2) is 0 Å². The van der Waals surface area contributed by atoms with Crippen molar-refractivity contribution in [3.8, 4) is 0 Å². The normalized spacial score (nSPS) is 19.1. The maximum Gasteiger partial charge on any atom is 0.304 e. The molecule has 0 unspecified atom stereocenters. The molecule has 1 saturated heterocycles. The van der Waals surface area contributed by atoms with Crippen LogP contribution in [0.5, 0.6) is 0 Å². The predicted molar refractivity (Wildman–Crippen MR) is 133 cm³/mol. The number of carboxylic acid groups (broad SMARTS) is 1. The Morgan fingerprint density at radius 3 is 2.25 bits per heavy atom. The molecule has 3 atom stereocenters. The third kappa shape index (κ3) is 8.00. The molecular weight excluding hydrogens is 467 g/mol. The second-order valence-corrected chi connectivity index (χ2v) is 9.17. The van der Waals surface area contributed by atoms with Gasteiger partial charge in [-0.3, -0.25) is 14.3 Å². The Hall–Kier alpha value is -1.73. The molecule has 0 spiro atoms. The summed E-state index contributed by atoms with van der Waals surface area (Å²) < 4.78 is 3.24. The van der Waals surface area contributed by atoms with Crippen molar-refractivity contribution in [2.24, 2.45) is 5.92 Å². The molecule has 5 nitrogen and oxygen atoms in total. The average Bonchev–Trinajstić information content (AvgIpc) is 2.78. The van der Waals surface area contributed by atoms with E-state index in [0.29, 0.717) is 18.0 Å². The Morgan fingerprint density at radius 1 is 1.12 bits per heavy atom. The van der Waals surface area contributed by atoms with Crippen LogP contribution < -0.4 is 4.72 Å². The molecule has 2 aromatic rings. The van der Waals surface area contributed by atoms with Crippen LogP contribution in [0.25, 0.3) is 0 Å². The van der Waals surface area contributed by atoms with Crippen LogP contribution in [-0.2, 0) is 9.59 Å². The Kier molecular flexibility index (Phi) is 11.4. The minimum absolute atomic E-state index is 0.0252. The van der Waals surface area contributed by atoms with Crippen molar-refractivity contribution in [3.05, 3.63) is 70.2 Å². The van der Waals surface area contributed by atoms with E-state index in [1.165, 1.54) is 11.9 Å². The Balaban J connectivity index is 0.000000439. The van der Waals surface area contributed by atoms with Gasteiger partial charge in [0, 0.05) is 28.5 Å². The van der Waals surface area contributed by atoms with E-state index >= 15 is 0 Å².